The molecule has 0 aliphatic carbocycles. The quantitative estimate of drug-likeness (QED) is 0.577. The van der Waals surface area contributed by atoms with Crippen LogP contribution < -0.4 is 5.73 Å². The molecule has 0 radical (unpaired) electrons. The Bertz CT molecular complexity index is 393. The second-order valence-electron chi connectivity index (χ2n) is 2.46. The zero-order valence-corrected chi connectivity index (χ0v) is 6.63. The molecule has 3 heteroatoms. The number of hydrogen-bond acceptors (Lipinski definition) is 3. The highest BCUT2D eigenvalue weighted by Gasteiger charge is 2.03. The molecule has 1 aromatic rings. The SMILES string of the molecule is Cc1c(N)cc(C#N)cc1C#N. The van der Waals surface area contributed by atoms with Crippen LogP contribution in [0.4, 0.5) is 5.69 Å². The predicted octanol–water partition coefficient (Wildman–Crippen LogP) is 1.32. The molecule has 0 aliphatic rings. The molecule has 1 rings (SSSR count). The van der Waals surface area contributed by atoms with Crippen molar-refractivity contribution in [1.29, 1.82) is 10.5 Å². The fourth-order valence-electron chi connectivity index (χ4n) is 0.917. The smallest absolute Gasteiger partial charge is 0.0995 e. The van der Waals surface area contributed by atoms with Crippen LogP contribution >= 0.6 is 0 Å². The highest BCUT2D eigenvalue weighted by Crippen LogP contribution is 2.17. The fraction of sp³-hybridized carbons (Fsp3) is 0.111. The average Bonchev–Trinajstić information content (AvgIpc) is 2.09. The van der Waals surface area contributed by atoms with Gasteiger partial charge in [-0.1, -0.05) is 0 Å². The van der Waals surface area contributed by atoms with Gasteiger partial charge in [0, 0.05) is 5.69 Å². The van der Waals surface area contributed by atoms with Crippen molar-refractivity contribution in [3.8, 4) is 12.1 Å². The molecule has 0 atom stereocenters. The largest absolute Gasteiger partial charge is 0.398 e. The topological polar surface area (TPSA) is 73.6 Å². The number of anilines is 1. The summed E-state index contributed by atoms with van der Waals surface area (Å²) in [5.74, 6) is 0. The Kier molecular flexibility index (Phi) is 1.98. The van der Waals surface area contributed by atoms with E-state index >= 15 is 0 Å². The van der Waals surface area contributed by atoms with Gasteiger partial charge < -0.3 is 5.73 Å². The molecule has 12 heavy (non-hydrogen) atoms. The van der Waals surface area contributed by atoms with E-state index < -0.39 is 0 Å². The van der Waals surface area contributed by atoms with E-state index in [1.54, 1.807) is 13.0 Å². The van der Waals surface area contributed by atoms with Gasteiger partial charge in [0.15, 0.2) is 0 Å². The van der Waals surface area contributed by atoms with E-state index in [0.717, 1.165) is 5.56 Å². The summed E-state index contributed by atoms with van der Waals surface area (Å²) in [4.78, 5) is 0. The van der Waals surface area contributed by atoms with Crippen molar-refractivity contribution in [3.05, 3.63) is 28.8 Å². The van der Waals surface area contributed by atoms with Gasteiger partial charge in [-0.25, -0.2) is 0 Å². The molecule has 2 N–H and O–H groups in total. The first kappa shape index (κ1) is 8.10. The number of nitrogens with zero attached hydrogens (tertiary/aromatic N) is 2. The number of nitrogen functional groups attached to an aromatic ring is 1. The van der Waals surface area contributed by atoms with Gasteiger partial charge in [0.25, 0.3) is 0 Å². The summed E-state index contributed by atoms with van der Waals surface area (Å²) in [6.07, 6.45) is 0. The molecule has 0 heterocycles. The first-order valence-electron chi connectivity index (χ1n) is 3.39. The Hall–Kier alpha value is -2.00. The summed E-state index contributed by atoms with van der Waals surface area (Å²) < 4.78 is 0. The minimum absolute atomic E-state index is 0.426. The fourth-order valence-corrected chi connectivity index (χ4v) is 0.917. The maximum atomic E-state index is 8.65. The monoisotopic (exact) mass is 157 g/mol. The van der Waals surface area contributed by atoms with E-state index in [2.05, 4.69) is 0 Å². The lowest BCUT2D eigenvalue weighted by Gasteiger charge is -2.01. The van der Waals surface area contributed by atoms with E-state index in [4.69, 9.17) is 16.3 Å². The normalized spacial score (nSPS) is 8.58. The van der Waals surface area contributed by atoms with E-state index in [9.17, 15) is 0 Å². The number of rotatable bonds is 0. The van der Waals surface area contributed by atoms with Gasteiger partial charge in [-0.3, -0.25) is 0 Å². The lowest BCUT2D eigenvalue weighted by molar-refractivity contribution is 1.37. The Labute approximate surface area is 70.7 Å². The molecule has 0 bridgehead atoms. The van der Waals surface area contributed by atoms with Gasteiger partial charge in [0.05, 0.1) is 23.3 Å². The van der Waals surface area contributed by atoms with Crippen LogP contribution in [0.1, 0.15) is 16.7 Å². The van der Waals surface area contributed by atoms with Crippen LogP contribution in [-0.2, 0) is 0 Å². The van der Waals surface area contributed by atoms with Crippen LogP contribution in [0.25, 0.3) is 0 Å². The summed E-state index contributed by atoms with van der Waals surface area (Å²) in [7, 11) is 0. The zero-order chi connectivity index (χ0) is 9.14. The van der Waals surface area contributed by atoms with Crippen molar-refractivity contribution in [3.63, 3.8) is 0 Å². The van der Waals surface area contributed by atoms with Gasteiger partial charge >= 0.3 is 0 Å². The lowest BCUT2D eigenvalue weighted by Crippen LogP contribution is -1.94. The number of nitriles is 2. The minimum Gasteiger partial charge on any atom is -0.398 e. The zero-order valence-electron chi connectivity index (χ0n) is 6.63. The van der Waals surface area contributed by atoms with Gasteiger partial charge in [-0.05, 0) is 24.6 Å². The number of nitrogens with two attached hydrogens (primary N) is 1. The Morgan fingerprint density at radius 3 is 2.42 bits per heavy atom. The predicted molar refractivity (Wildman–Crippen MR) is 45.0 cm³/mol. The third-order valence-electron chi connectivity index (χ3n) is 1.70. The Morgan fingerprint density at radius 2 is 1.92 bits per heavy atom. The van der Waals surface area contributed by atoms with Crippen LogP contribution in [0.3, 0.4) is 0 Å². The molecule has 0 amide bonds. The molecule has 1 aromatic carbocycles. The second kappa shape index (κ2) is 2.94. The maximum Gasteiger partial charge on any atom is 0.0995 e. The summed E-state index contributed by atoms with van der Waals surface area (Å²) >= 11 is 0. The molecule has 0 saturated carbocycles. The Balaban J connectivity index is 3.44. The molecule has 58 valence electrons. The Morgan fingerprint density at radius 1 is 1.25 bits per heavy atom. The van der Waals surface area contributed by atoms with Crippen molar-refractivity contribution in [2.24, 2.45) is 0 Å². The summed E-state index contributed by atoms with van der Waals surface area (Å²) in [5, 5.41) is 17.2. The van der Waals surface area contributed by atoms with Crippen LogP contribution in [0.2, 0.25) is 0 Å². The second-order valence-corrected chi connectivity index (χ2v) is 2.46. The lowest BCUT2D eigenvalue weighted by atomic mass is 10.0. The van der Waals surface area contributed by atoms with Crippen molar-refractivity contribution < 1.29 is 0 Å². The van der Waals surface area contributed by atoms with Crippen LogP contribution in [0, 0.1) is 29.6 Å². The summed E-state index contributed by atoms with van der Waals surface area (Å²) in [6.45, 7) is 1.76. The molecule has 0 aromatic heterocycles. The maximum absolute atomic E-state index is 8.65. The summed E-state index contributed by atoms with van der Waals surface area (Å²) in [6, 6.07) is 7.02. The van der Waals surface area contributed by atoms with Crippen LogP contribution in [0.15, 0.2) is 12.1 Å². The molecule has 0 saturated heterocycles. The molecular weight excluding hydrogens is 150 g/mol. The third-order valence-corrected chi connectivity index (χ3v) is 1.70. The van der Waals surface area contributed by atoms with Gasteiger partial charge in [-0.15, -0.1) is 0 Å². The first-order chi connectivity index (χ1) is 5.69. The van der Waals surface area contributed by atoms with Gasteiger partial charge in [-0.2, -0.15) is 10.5 Å². The van der Waals surface area contributed by atoms with Crippen molar-refractivity contribution in [2.75, 3.05) is 5.73 Å². The molecule has 0 aliphatic heterocycles. The standard InChI is InChI=1S/C9H7N3/c1-6-8(5-11)2-7(4-10)3-9(6)12/h2-3H,12H2,1H3. The average molecular weight is 157 g/mol. The summed E-state index contributed by atoms with van der Waals surface area (Å²) in [5.41, 5.74) is 7.68. The van der Waals surface area contributed by atoms with E-state index in [1.165, 1.54) is 6.07 Å². The number of benzene rings is 1. The molecule has 0 unspecified atom stereocenters. The van der Waals surface area contributed by atoms with Crippen molar-refractivity contribution in [2.45, 2.75) is 6.92 Å². The molecule has 0 spiro atoms. The minimum atomic E-state index is 0.426. The van der Waals surface area contributed by atoms with Crippen LogP contribution in [0.5, 0.6) is 0 Å². The molecular formula is C9H7N3. The van der Waals surface area contributed by atoms with E-state index in [0.29, 0.717) is 16.8 Å². The first-order valence-corrected chi connectivity index (χ1v) is 3.39. The number of hydrogen-bond donors (Lipinski definition) is 1. The van der Waals surface area contributed by atoms with Gasteiger partial charge in [0.1, 0.15) is 0 Å². The van der Waals surface area contributed by atoms with Crippen molar-refractivity contribution in [1.82, 2.24) is 0 Å². The molecule has 0 fully saturated rings. The van der Waals surface area contributed by atoms with Crippen molar-refractivity contribution >= 4 is 5.69 Å². The van der Waals surface area contributed by atoms with E-state index in [1.807, 2.05) is 12.1 Å². The molecule has 3 nitrogen and oxygen atoms in total. The van der Waals surface area contributed by atoms with Crippen LogP contribution in [-0.4, -0.2) is 0 Å². The highest BCUT2D eigenvalue weighted by atomic mass is 14.6. The van der Waals surface area contributed by atoms with E-state index in [-0.39, 0.29) is 0 Å². The van der Waals surface area contributed by atoms with Gasteiger partial charge in [0.2, 0.25) is 0 Å². The highest BCUT2D eigenvalue weighted by molar-refractivity contribution is 5.58. The third kappa shape index (κ3) is 1.21.